The van der Waals surface area contributed by atoms with Crippen LogP contribution in [0.5, 0.6) is 11.5 Å². The Morgan fingerprint density at radius 1 is 0.981 bits per heavy atom. The molecule has 2 aliphatic rings. The van der Waals surface area contributed by atoms with Crippen molar-refractivity contribution >= 4 is 46.7 Å². The number of aromatic nitrogens is 2. The van der Waals surface area contributed by atoms with Crippen LogP contribution in [0.1, 0.15) is 56.1 Å². The van der Waals surface area contributed by atoms with Crippen molar-refractivity contribution in [2.75, 3.05) is 17.2 Å². The molecule has 7 rings (SSSR count). The summed E-state index contributed by atoms with van der Waals surface area (Å²) in [6, 6.07) is 23.9. The number of alkyl halides is 3. The summed E-state index contributed by atoms with van der Waals surface area (Å²) < 4.78 is 54.0. The summed E-state index contributed by atoms with van der Waals surface area (Å²) in [5.74, 6) is 0.247. The van der Waals surface area contributed by atoms with E-state index in [1.54, 1.807) is 31.2 Å². The van der Waals surface area contributed by atoms with Crippen LogP contribution >= 0.6 is 0 Å². The van der Waals surface area contributed by atoms with E-state index in [-0.39, 0.29) is 48.0 Å². The average molecular weight is 710 g/mol. The van der Waals surface area contributed by atoms with Gasteiger partial charge in [0.2, 0.25) is 11.8 Å². The Kier molecular flexibility index (Phi) is 9.16. The highest BCUT2D eigenvalue weighted by Crippen LogP contribution is 2.43. The molecule has 52 heavy (non-hydrogen) atoms. The predicted molar refractivity (Wildman–Crippen MR) is 192 cm³/mol. The molecule has 2 amide bonds. The van der Waals surface area contributed by atoms with Gasteiger partial charge in [0.25, 0.3) is 5.56 Å². The molecule has 0 bridgehead atoms. The van der Waals surface area contributed by atoms with Gasteiger partial charge in [-0.15, -0.1) is 0 Å². The van der Waals surface area contributed by atoms with Gasteiger partial charge in [0.1, 0.15) is 34.6 Å². The molecule has 0 aliphatic carbocycles. The third-order valence-electron chi connectivity index (χ3n) is 9.37. The van der Waals surface area contributed by atoms with Crippen LogP contribution in [-0.4, -0.2) is 35.0 Å². The molecule has 2 aliphatic heterocycles. The van der Waals surface area contributed by atoms with E-state index in [0.29, 0.717) is 30.2 Å². The first-order valence-electron chi connectivity index (χ1n) is 17.0. The summed E-state index contributed by atoms with van der Waals surface area (Å²) in [7, 11) is -1.21. The Bertz CT molecular complexity index is 2220. The van der Waals surface area contributed by atoms with E-state index < -0.39 is 41.8 Å². The second-order valence-electron chi connectivity index (χ2n) is 13.3. The molecule has 266 valence electrons. The standard InChI is InChI=1S/C38H35BF3N5O5/c1-3-18-43-34(49)28-20-37(2,21-31(48)45-27-15-9-12-24-11-4-5-14-26(24)27)36-46-33(39-51-29-16-6-7-17-30(29)52-39)32(35(50)47(28)36)44-22-23-10-8-13-25(19-23)38(40,41)42/h4-17,19,28,44H,3,18,20-22H2,1-2H3,(H,43,49)(H,45,48). The molecule has 0 saturated heterocycles. The van der Waals surface area contributed by atoms with E-state index in [4.69, 9.17) is 14.3 Å². The van der Waals surface area contributed by atoms with Crippen molar-refractivity contribution < 1.29 is 32.1 Å². The highest BCUT2D eigenvalue weighted by atomic mass is 19.4. The number of nitrogens with one attached hydrogen (secondary N) is 3. The van der Waals surface area contributed by atoms with Crippen LogP contribution in [0.4, 0.5) is 24.5 Å². The van der Waals surface area contributed by atoms with Crippen LogP contribution in [0.15, 0.2) is 95.8 Å². The van der Waals surface area contributed by atoms with E-state index in [9.17, 15) is 27.6 Å². The average Bonchev–Trinajstić information content (AvgIpc) is 3.69. The number of anilines is 2. The number of hydrogen-bond donors (Lipinski definition) is 3. The van der Waals surface area contributed by atoms with Gasteiger partial charge >= 0.3 is 13.3 Å². The van der Waals surface area contributed by atoms with Gasteiger partial charge in [0.05, 0.1) is 5.56 Å². The molecule has 2 atom stereocenters. The third kappa shape index (κ3) is 6.68. The van der Waals surface area contributed by atoms with Crippen LogP contribution in [0.3, 0.4) is 0 Å². The lowest BCUT2D eigenvalue weighted by Gasteiger charge is -2.24. The number of para-hydroxylation sites is 2. The molecule has 3 heterocycles. The van der Waals surface area contributed by atoms with Gasteiger partial charge in [-0.1, -0.05) is 74.5 Å². The lowest BCUT2D eigenvalue weighted by molar-refractivity contribution is -0.137. The van der Waals surface area contributed by atoms with Crippen LogP contribution < -0.4 is 36.4 Å². The number of fused-ring (bicyclic) bond motifs is 3. The fourth-order valence-electron chi connectivity index (χ4n) is 6.88. The van der Waals surface area contributed by atoms with Gasteiger partial charge in [-0.05, 0) is 54.1 Å². The molecule has 2 unspecified atom stereocenters. The summed E-state index contributed by atoms with van der Waals surface area (Å²) in [6.45, 7) is 3.88. The van der Waals surface area contributed by atoms with E-state index in [1.165, 1.54) is 16.7 Å². The minimum absolute atomic E-state index is 0.0368. The zero-order valence-electron chi connectivity index (χ0n) is 28.4. The Balaban J connectivity index is 1.30. The maximum absolute atomic E-state index is 14.6. The SMILES string of the molecule is CCCNC(=O)C1CC(C)(CC(=O)Nc2cccc3ccccc23)c2nc(B3Oc4ccccc4O3)c(NCc3cccc(C(F)(F)F)c3)c(=O)n21. The van der Waals surface area contributed by atoms with Crippen LogP contribution in [0.25, 0.3) is 10.8 Å². The normalized spacial score (nSPS) is 17.6. The van der Waals surface area contributed by atoms with Crippen molar-refractivity contribution in [3.8, 4) is 11.5 Å². The Labute approximate surface area is 297 Å². The minimum atomic E-state index is -4.56. The highest BCUT2D eigenvalue weighted by Gasteiger charge is 2.50. The summed E-state index contributed by atoms with van der Waals surface area (Å²) in [4.78, 5) is 47.1. The van der Waals surface area contributed by atoms with Gasteiger partial charge in [0.15, 0.2) is 0 Å². The first-order chi connectivity index (χ1) is 24.9. The maximum Gasteiger partial charge on any atom is 0.655 e. The van der Waals surface area contributed by atoms with Crippen LogP contribution in [0, 0.1) is 0 Å². The Hall–Kier alpha value is -5.79. The first kappa shape index (κ1) is 34.7. The lowest BCUT2D eigenvalue weighted by Crippen LogP contribution is -2.49. The number of carbonyl (C=O) groups excluding carboxylic acids is 2. The summed E-state index contributed by atoms with van der Waals surface area (Å²) in [6.07, 6.45) is -3.94. The third-order valence-corrected chi connectivity index (χ3v) is 9.37. The molecule has 0 saturated carbocycles. The molecule has 4 aromatic carbocycles. The van der Waals surface area contributed by atoms with Crippen LogP contribution in [-0.2, 0) is 27.7 Å². The number of carbonyl (C=O) groups is 2. The van der Waals surface area contributed by atoms with Gasteiger partial charge in [0, 0.05) is 36.0 Å². The van der Waals surface area contributed by atoms with Crippen molar-refractivity contribution in [1.29, 1.82) is 0 Å². The van der Waals surface area contributed by atoms with Gasteiger partial charge < -0.3 is 25.3 Å². The number of rotatable bonds is 10. The molecule has 10 nitrogen and oxygen atoms in total. The molecule has 5 aromatic rings. The minimum Gasteiger partial charge on any atom is -0.518 e. The second kappa shape index (κ2) is 13.7. The van der Waals surface area contributed by atoms with Crippen LogP contribution in [0.2, 0.25) is 0 Å². The Morgan fingerprint density at radius 2 is 1.67 bits per heavy atom. The molecular formula is C38H35BF3N5O5. The quantitative estimate of drug-likeness (QED) is 0.153. The van der Waals surface area contributed by atoms with Gasteiger partial charge in [-0.2, -0.15) is 13.2 Å². The number of benzene rings is 4. The zero-order chi connectivity index (χ0) is 36.6. The zero-order valence-corrected chi connectivity index (χ0v) is 28.4. The Morgan fingerprint density at radius 3 is 2.40 bits per heavy atom. The summed E-state index contributed by atoms with van der Waals surface area (Å²) in [5, 5.41) is 10.7. The van der Waals surface area contributed by atoms with Crippen molar-refractivity contribution in [2.24, 2.45) is 0 Å². The lowest BCUT2D eigenvalue weighted by atomic mass is 9.80. The maximum atomic E-state index is 14.6. The first-order valence-corrected chi connectivity index (χ1v) is 17.0. The van der Waals surface area contributed by atoms with Crippen molar-refractivity contribution in [3.63, 3.8) is 0 Å². The van der Waals surface area contributed by atoms with E-state index in [1.807, 2.05) is 49.4 Å². The predicted octanol–water partition coefficient (Wildman–Crippen LogP) is 5.95. The van der Waals surface area contributed by atoms with Gasteiger partial charge in [-0.3, -0.25) is 19.0 Å². The summed E-state index contributed by atoms with van der Waals surface area (Å²) in [5.41, 5.74) is -1.78. The monoisotopic (exact) mass is 709 g/mol. The molecular weight excluding hydrogens is 674 g/mol. The number of nitrogens with zero attached hydrogens (tertiary/aromatic N) is 2. The molecule has 1 aromatic heterocycles. The second-order valence-corrected chi connectivity index (χ2v) is 13.3. The molecule has 3 N–H and O–H groups in total. The largest absolute Gasteiger partial charge is 0.655 e. The van der Waals surface area contributed by atoms with E-state index in [0.717, 1.165) is 22.9 Å². The number of hydrogen-bond acceptors (Lipinski definition) is 7. The van der Waals surface area contributed by atoms with Crippen molar-refractivity contribution in [2.45, 2.75) is 57.3 Å². The number of halogens is 3. The van der Waals surface area contributed by atoms with E-state index >= 15 is 0 Å². The van der Waals surface area contributed by atoms with Crippen molar-refractivity contribution in [3.05, 3.63) is 118 Å². The fraction of sp³-hybridized carbons (Fsp3) is 0.263. The topological polar surface area (TPSA) is 124 Å². The van der Waals surface area contributed by atoms with E-state index in [2.05, 4.69) is 16.0 Å². The highest BCUT2D eigenvalue weighted by molar-refractivity contribution is 6.64. The molecule has 0 fully saturated rings. The molecule has 0 spiro atoms. The number of amides is 2. The smallest absolute Gasteiger partial charge is 0.518 e. The fourth-order valence-corrected chi connectivity index (χ4v) is 6.88. The summed E-state index contributed by atoms with van der Waals surface area (Å²) >= 11 is 0. The van der Waals surface area contributed by atoms with Crippen molar-refractivity contribution in [1.82, 2.24) is 14.9 Å². The molecule has 14 heteroatoms. The van der Waals surface area contributed by atoms with Gasteiger partial charge in [-0.25, -0.2) is 4.98 Å². The molecule has 0 radical (unpaired) electrons.